The Kier molecular flexibility index (Phi) is 7.27. The van der Waals surface area contributed by atoms with E-state index < -0.39 is 28.9 Å². The van der Waals surface area contributed by atoms with Crippen LogP contribution in [-0.2, 0) is 32.1 Å². The maximum Gasteiger partial charge on any atom is 0.352 e. The zero-order valence-electron chi connectivity index (χ0n) is 22.5. The Morgan fingerprint density at radius 1 is 0.946 bits per heavy atom. The summed E-state index contributed by atoms with van der Waals surface area (Å²) in [6.07, 6.45) is 1.92. The normalized spacial score (nSPS) is 20.4. The molecule has 37 heavy (non-hydrogen) atoms. The molecule has 2 heterocycles. The van der Waals surface area contributed by atoms with E-state index in [0.29, 0.717) is 32.3 Å². The van der Waals surface area contributed by atoms with Crippen LogP contribution in [-0.4, -0.2) is 28.4 Å². The molecule has 0 radical (unpaired) electrons. The summed E-state index contributed by atoms with van der Waals surface area (Å²) >= 11 is 0. The van der Waals surface area contributed by atoms with Crippen molar-refractivity contribution in [1.29, 1.82) is 0 Å². The zero-order chi connectivity index (χ0) is 27.0. The molecule has 0 spiro atoms. The first-order chi connectivity index (χ1) is 17.5. The number of hydrogen-bond donors (Lipinski definition) is 1. The van der Waals surface area contributed by atoms with Crippen molar-refractivity contribution in [3.8, 4) is 11.5 Å². The molecule has 1 fully saturated rings. The van der Waals surface area contributed by atoms with E-state index in [2.05, 4.69) is 0 Å². The van der Waals surface area contributed by atoms with Gasteiger partial charge in [-0.05, 0) is 62.8 Å². The predicted octanol–water partition coefficient (Wildman–Crippen LogP) is 6.09. The van der Waals surface area contributed by atoms with Crippen molar-refractivity contribution in [2.24, 2.45) is 0 Å². The lowest BCUT2D eigenvalue weighted by molar-refractivity contribution is -0.237. The van der Waals surface area contributed by atoms with Gasteiger partial charge in [0.15, 0.2) is 5.57 Å². The molecule has 0 aromatic heterocycles. The van der Waals surface area contributed by atoms with Crippen LogP contribution in [0.1, 0.15) is 74.3 Å². The van der Waals surface area contributed by atoms with Gasteiger partial charge in [-0.3, -0.25) is 0 Å². The largest absolute Gasteiger partial charge is 0.511 e. The van der Waals surface area contributed by atoms with Gasteiger partial charge in [0.2, 0.25) is 0 Å². The third-order valence-electron chi connectivity index (χ3n) is 7.66. The molecule has 1 atom stereocenters. The van der Waals surface area contributed by atoms with Crippen molar-refractivity contribution in [2.45, 2.75) is 91.6 Å². The van der Waals surface area contributed by atoms with Crippen LogP contribution in [0.2, 0.25) is 0 Å². The summed E-state index contributed by atoms with van der Waals surface area (Å²) in [7, 11) is 0. The Balaban J connectivity index is 1.57. The SMILES string of the molecule is CCC1(CC)OC(=O)C(=C(O)CC2(C)CCc3c(C)c(OCc4ccccc4)c(C)c(C)c3O2)C(=O)O1. The number of benzene rings is 2. The van der Waals surface area contributed by atoms with Gasteiger partial charge in [-0.2, -0.15) is 0 Å². The third-order valence-corrected chi connectivity index (χ3v) is 7.66. The molecule has 198 valence electrons. The summed E-state index contributed by atoms with van der Waals surface area (Å²) < 4.78 is 23.6. The van der Waals surface area contributed by atoms with Gasteiger partial charge in [-0.15, -0.1) is 0 Å². The van der Waals surface area contributed by atoms with Gasteiger partial charge in [-0.1, -0.05) is 44.2 Å². The fourth-order valence-electron chi connectivity index (χ4n) is 5.11. The lowest BCUT2D eigenvalue weighted by atomic mass is 9.84. The van der Waals surface area contributed by atoms with Crippen molar-refractivity contribution in [2.75, 3.05) is 0 Å². The van der Waals surface area contributed by atoms with E-state index >= 15 is 0 Å². The lowest BCUT2D eigenvalue weighted by Gasteiger charge is -2.39. The van der Waals surface area contributed by atoms with Crippen LogP contribution in [0.25, 0.3) is 0 Å². The van der Waals surface area contributed by atoms with Crippen LogP contribution in [0.5, 0.6) is 11.5 Å². The van der Waals surface area contributed by atoms with Crippen LogP contribution >= 0.6 is 0 Å². The Morgan fingerprint density at radius 3 is 2.16 bits per heavy atom. The quantitative estimate of drug-likeness (QED) is 0.209. The summed E-state index contributed by atoms with van der Waals surface area (Å²) in [4.78, 5) is 25.3. The monoisotopic (exact) mass is 508 g/mol. The van der Waals surface area contributed by atoms with Gasteiger partial charge in [0.25, 0.3) is 5.79 Å². The maximum atomic E-state index is 12.7. The van der Waals surface area contributed by atoms with Gasteiger partial charge >= 0.3 is 11.9 Å². The van der Waals surface area contributed by atoms with Crippen LogP contribution in [0, 0.1) is 20.8 Å². The topological polar surface area (TPSA) is 91.3 Å². The summed E-state index contributed by atoms with van der Waals surface area (Å²) in [6, 6.07) is 10.0. The molecule has 0 aliphatic carbocycles. The van der Waals surface area contributed by atoms with E-state index in [1.165, 1.54) is 0 Å². The second kappa shape index (κ2) is 10.1. The van der Waals surface area contributed by atoms with Crippen molar-refractivity contribution in [1.82, 2.24) is 0 Å². The summed E-state index contributed by atoms with van der Waals surface area (Å²) in [5.41, 5.74) is 3.88. The molecular weight excluding hydrogens is 472 g/mol. The Hall–Kier alpha value is -3.48. The first-order valence-corrected chi connectivity index (χ1v) is 12.9. The van der Waals surface area contributed by atoms with Crippen LogP contribution < -0.4 is 9.47 Å². The minimum Gasteiger partial charge on any atom is -0.511 e. The van der Waals surface area contributed by atoms with Crippen molar-refractivity contribution in [3.63, 3.8) is 0 Å². The van der Waals surface area contributed by atoms with Gasteiger partial charge in [0.05, 0.1) is 0 Å². The standard InChI is InChI=1S/C30H36O7/c1-7-30(8-2)36-27(32)24(28(33)37-30)23(31)16-29(6)15-14-22-20(5)25(18(3)19(4)26(22)35-29)34-17-21-12-10-9-11-13-21/h9-13,31H,7-8,14-17H2,1-6H3. The number of ether oxygens (including phenoxy) is 4. The fourth-order valence-corrected chi connectivity index (χ4v) is 5.11. The number of aliphatic hydroxyl groups excluding tert-OH is 1. The van der Waals surface area contributed by atoms with Gasteiger partial charge in [-0.25, -0.2) is 9.59 Å². The second-order valence-electron chi connectivity index (χ2n) is 10.2. The first kappa shape index (κ1) is 26.6. The molecule has 1 unspecified atom stereocenters. The minimum absolute atomic E-state index is 0.0268. The first-order valence-electron chi connectivity index (χ1n) is 12.9. The van der Waals surface area contributed by atoms with E-state index in [4.69, 9.17) is 18.9 Å². The Bertz CT molecular complexity index is 1220. The molecule has 2 aromatic rings. The van der Waals surface area contributed by atoms with Crippen molar-refractivity contribution >= 4 is 11.9 Å². The zero-order valence-corrected chi connectivity index (χ0v) is 22.5. The van der Waals surface area contributed by atoms with Crippen LogP contribution in [0.4, 0.5) is 0 Å². The molecule has 1 saturated heterocycles. The number of cyclic esters (lactones) is 2. The van der Waals surface area contributed by atoms with E-state index in [1.807, 2.05) is 58.0 Å². The smallest absolute Gasteiger partial charge is 0.352 e. The number of rotatable bonds is 7. The summed E-state index contributed by atoms with van der Waals surface area (Å²) in [6.45, 7) is 12.0. The number of carbonyl (C=O) groups is 2. The average Bonchev–Trinajstić information content (AvgIpc) is 2.87. The molecule has 7 nitrogen and oxygen atoms in total. The maximum absolute atomic E-state index is 12.7. The number of hydrogen-bond acceptors (Lipinski definition) is 7. The predicted molar refractivity (Wildman–Crippen MR) is 139 cm³/mol. The fraction of sp³-hybridized carbons (Fsp3) is 0.467. The molecule has 0 amide bonds. The molecule has 1 N–H and O–H groups in total. The lowest BCUT2D eigenvalue weighted by Crippen LogP contribution is -2.46. The van der Waals surface area contributed by atoms with Crippen LogP contribution in [0.15, 0.2) is 41.7 Å². The van der Waals surface area contributed by atoms with Gasteiger partial charge < -0.3 is 24.1 Å². The van der Waals surface area contributed by atoms with Gasteiger partial charge in [0.1, 0.15) is 29.5 Å². The van der Waals surface area contributed by atoms with E-state index in [-0.39, 0.29) is 12.2 Å². The Morgan fingerprint density at radius 2 is 1.57 bits per heavy atom. The number of fused-ring (bicyclic) bond motifs is 1. The van der Waals surface area contributed by atoms with Gasteiger partial charge in [0, 0.05) is 24.8 Å². The van der Waals surface area contributed by atoms with Crippen molar-refractivity contribution < 1.29 is 33.6 Å². The minimum atomic E-state index is -1.28. The van der Waals surface area contributed by atoms with E-state index in [0.717, 1.165) is 39.3 Å². The molecule has 0 saturated carbocycles. The van der Waals surface area contributed by atoms with Crippen molar-refractivity contribution in [3.05, 3.63) is 69.5 Å². The molecule has 2 aliphatic rings. The Labute approximate surface area is 218 Å². The number of carbonyl (C=O) groups excluding carboxylic acids is 2. The van der Waals surface area contributed by atoms with E-state index in [9.17, 15) is 14.7 Å². The highest BCUT2D eigenvalue weighted by Crippen LogP contribution is 2.45. The third kappa shape index (κ3) is 5.04. The molecular formula is C30H36O7. The molecule has 2 aromatic carbocycles. The number of esters is 2. The second-order valence-corrected chi connectivity index (χ2v) is 10.2. The summed E-state index contributed by atoms with van der Waals surface area (Å²) in [5.74, 6) is -1.76. The highest BCUT2D eigenvalue weighted by molar-refractivity contribution is 6.15. The highest BCUT2D eigenvalue weighted by Gasteiger charge is 2.46. The van der Waals surface area contributed by atoms with E-state index in [1.54, 1.807) is 13.8 Å². The molecule has 4 rings (SSSR count). The number of aliphatic hydroxyl groups is 1. The van der Waals surface area contributed by atoms with Crippen LogP contribution in [0.3, 0.4) is 0 Å². The molecule has 7 heteroatoms. The molecule has 2 aliphatic heterocycles. The summed E-state index contributed by atoms with van der Waals surface area (Å²) in [5, 5.41) is 10.9. The average molecular weight is 509 g/mol. The molecule has 0 bridgehead atoms. The highest BCUT2D eigenvalue weighted by atomic mass is 16.7.